The van der Waals surface area contributed by atoms with Gasteiger partial charge in [-0.25, -0.2) is 4.79 Å². The van der Waals surface area contributed by atoms with Crippen LogP contribution < -0.4 is 0 Å². The summed E-state index contributed by atoms with van der Waals surface area (Å²) in [4.78, 5) is 11.6. The molecule has 3 heteroatoms. The van der Waals surface area contributed by atoms with Crippen molar-refractivity contribution in [3.8, 4) is 0 Å². The largest absolute Gasteiger partial charge is 0.509 e. The smallest absolute Gasteiger partial charge is 0.426 e. The summed E-state index contributed by atoms with van der Waals surface area (Å²) in [6.45, 7) is 0. The van der Waals surface area contributed by atoms with Crippen LogP contribution in [0.4, 0.5) is 4.79 Å². The fraction of sp³-hybridized carbons (Fsp3) is 0.235. The Bertz CT molecular complexity index is 788. The molecule has 4 atom stereocenters. The molecular weight excluding hydrogens is 252 g/mol. The summed E-state index contributed by atoms with van der Waals surface area (Å²) in [6.07, 6.45) is 2.92. The number of rotatable bonds is 0. The topological polar surface area (TPSA) is 35.5 Å². The van der Waals surface area contributed by atoms with Crippen LogP contribution in [0.1, 0.15) is 23.0 Å². The maximum absolute atomic E-state index is 11.6. The van der Waals surface area contributed by atoms with Crippen LogP contribution in [0.5, 0.6) is 0 Å². The van der Waals surface area contributed by atoms with E-state index < -0.39 is 6.16 Å². The molecule has 3 unspecified atom stereocenters. The predicted octanol–water partition coefficient (Wildman–Crippen LogP) is 2.96. The van der Waals surface area contributed by atoms with E-state index in [-0.39, 0.29) is 24.0 Å². The van der Waals surface area contributed by atoms with Crippen LogP contribution in [0, 0.1) is 0 Å². The number of allylic oxidation sites excluding steroid dienone is 2. The zero-order valence-corrected chi connectivity index (χ0v) is 10.5. The van der Waals surface area contributed by atoms with Crippen molar-refractivity contribution in [2.24, 2.45) is 0 Å². The molecule has 0 N–H and O–H groups in total. The van der Waals surface area contributed by atoms with Gasteiger partial charge in [0.05, 0.1) is 11.8 Å². The van der Waals surface area contributed by atoms with Gasteiger partial charge in [0.1, 0.15) is 0 Å². The molecule has 3 nitrogen and oxygen atoms in total. The van der Waals surface area contributed by atoms with E-state index >= 15 is 0 Å². The molecular formula is C17H10O3. The molecule has 1 aromatic carbocycles. The molecule has 0 amide bonds. The molecule has 1 aromatic rings. The fourth-order valence-corrected chi connectivity index (χ4v) is 3.94. The first-order valence-corrected chi connectivity index (χ1v) is 6.73. The molecule has 4 aliphatic carbocycles. The lowest BCUT2D eigenvalue weighted by Crippen LogP contribution is -2.46. The minimum Gasteiger partial charge on any atom is -0.426 e. The zero-order valence-electron chi connectivity index (χ0n) is 10.5. The van der Waals surface area contributed by atoms with Crippen LogP contribution in [0.25, 0.3) is 0 Å². The van der Waals surface area contributed by atoms with Gasteiger partial charge in [0.25, 0.3) is 0 Å². The number of ether oxygens (including phenoxy) is 2. The first-order valence-electron chi connectivity index (χ1n) is 6.73. The summed E-state index contributed by atoms with van der Waals surface area (Å²) in [6, 6.07) is 8.29. The van der Waals surface area contributed by atoms with Crippen molar-refractivity contribution in [3.63, 3.8) is 0 Å². The van der Waals surface area contributed by atoms with Gasteiger partial charge in [-0.15, -0.1) is 0 Å². The van der Waals surface area contributed by atoms with Gasteiger partial charge in [0.15, 0.2) is 12.2 Å². The molecule has 96 valence electrons. The van der Waals surface area contributed by atoms with Crippen LogP contribution in [-0.2, 0) is 9.47 Å². The Labute approximate surface area is 115 Å². The second-order valence-electron chi connectivity index (χ2n) is 5.47. The summed E-state index contributed by atoms with van der Waals surface area (Å²) < 4.78 is 10.8. The normalized spacial score (nSPS) is 34.5. The fourth-order valence-electron chi connectivity index (χ4n) is 3.94. The molecule has 1 aliphatic heterocycles. The molecule has 1 saturated heterocycles. The summed E-state index contributed by atoms with van der Waals surface area (Å²) in [5.74, 6) is 0.0635. The third-order valence-corrected chi connectivity index (χ3v) is 4.62. The van der Waals surface area contributed by atoms with E-state index in [1.165, 1.54) is 16.7 Å². The van der Waals surface area contributed by atoms with Crippen LogP contribution in [0.2, 0.25) is 0 Å². The van der Waals surface area contributed by atoms with Crippen molar-refractivity contribution < 1.29 is 14.3 Å². The highest BCUT2D eigenvalue weighted by Crippen LogP contribution is 2.58. The van der Waals surface area contributed by atoms with Crippen molar-refractivity contribution in [1.82, 2.24) is 0 Å². The number of benzene rings is 1. The molecule has 2 fully saturated rings. The quantitative estimate of drug-likeness (QED) is 0.532. The SMILES string of the molecule is O=C1OC2C3C4=CC=C=C=C4[C@@H](c4ccccc43)C2O1. The summed E-state index contributed by atoms with van der Waals surface area (Å²) in [7, 11) is 0. The van der Waals surface area contributed by atoms with Crippen LogP contribution in [0.15, 0.2) is 59.0 Å². The van der Waals surface area contributed by atoms with Crippen LogP contribution in [-0.4, -0.2) is 18.4 Å². The Morgan fingerprint density at radius 2 is 1.70 bits per heavy atom. The van der Waals surface area contributed by atoms with Crippen molar-refractivity contribution >= 4 is 6.16 Å². The third-order valence-electron chi connectivity index (χ3n) is 4.62. The Kier molecular flexibility index (Phi) is 1.73. The average Bonchev–Trinajstić information content (AvgIpc) is 2.88. The molecule has 2 bridgehead atoms. The third kappa shape index (κ3) is 1.06. The number of carbonyl (C=O) groups is 1. The van der Waals surface area contributed by atoms with Crippen LogP contribution in [0.3, 0.4) is 0 Å². The lowest BCUT2D eigenvalue weighted by molar-refractivity contribution is 0.0998. The first kappa shape index (κ1) is 10.3. The molecule has 0 aromatic heterocycles. The van der Waals surface area contributed by atoms with Gasteiger partial charge in [-0.1, -0.05) is 35.7 Å². The standard InChI is InChI=1S/C17H10O3/c18-17-19-15-13-9-5-1-2-6-10(9)14(16(15)20-17)12-8-4-3-7-11(12)13/h1-3,5-7,13-16H/t13?,14-,15?,16?/m1/s1. The van der Waals surface area contributed by atoms with Gasteiger partial charge in [0, 0.05) is 5.57 Å². The second-order valence-corrected chi connectivity index (χ2v) is 5.47. The average molecular weight is 262 g/mol. The minimum absolute atomic E-state index is 0.0140. The van der Waals surface area contributed by atoms with Crippen molar-refractivity contribution in [2.75, 3.05) is 0 Å². The van der Waals surface area contributed by atoms with Crippen LogP contribution >= 0.6 is 0 Å². The minimum atomic E-state index is -0.556. The van der Waals surface area contributed by atoms with Gasteiger partial charge in [-0.05, 0) is 28.9 Å². The number of carbonyl (C=O) groups excluding carboxylic acids is 1. The zero-order chi connectivity index (χ0) is 13.3. The van der Waals surface area contributed by atoms with E-state index in [4.69, 9.17) is 9.47 Å². The first-order chi connectivity index (χ1) is 9.84. The van der Waals surface area contributed by atoms with Gasteiger partial charge in [-0.3, -0.25) is 0 Å². The molecule has 0 radical (unpaired) electrons. The van der Waals surface area contributed by atoms with E-state index in [0.29, 0.717) is 0 Å². The summed E-state index contributed by atoms with van der Waals surface area (Å²) >= 11 is 0. The highest BCUT2D eigenvalue weighted by Gasteiger charge is 2.58. The Hall–Kier alpha value is -2.47. The molecule has 1 heterocycles. The predicted molar refractivity (Wildman–Crippen MR) is 70.3 cm³/mol. The van der Waals surface area contributed by atoms with Gasteiger partial charge in [-0.2, -0.15) is 0 Å². The molecule has 20 heavy (non-hydrogen) atoms. The van der Waals surface area contributed by atoms with E-state index in [9.17, 15) is 4.79 Å². The lowest BCUT2D eigenvalue weighted by Gasteiger charge is -2.46. The van der Waals surface area contributed by atoms with E-state index in [0.717, 1.165) is 5.57 Å². The van der Waals surface area contributed by atoms with Crippen molar-refractivity contribution in [2.45, 2.75) is 24.0 Å². The highest BCUT2D eigenvalue weighted by molar-refractivity contribution is 5.69. The molecule has 1 saturated carbocycles. The van der Waals surface area contributed by atoms with Gasteiger partial charge in [0.2, 0.25) is 0 Å². The highest BCUT2D eigenvalue weighted by atomic mass is 16.8. The maximum atomic E-state index is 11.6. The Balaban J connectivity index is 1.85. The van der Waals surface area contributed by atoms with E-state index in [2.05, 4.69) is 29.7 Å². The van der Waals surface area contributed by atoms with Gasteiger partial charge >= 0.3 is 6.16 Å². The lowest BCUT2D eigenvalue weighted by atomic mass is 9.59. The summed E-state index contributed by atoms with van der Waals surface area (Å²) in [5.41, 5.74) is 11.0. The monoisotopic (exact) mass is 262 g/mol. The van der Waals surface area contributed by atoms with E-state index in [1.807, 2.05) is 18.2 Å². The van der Waals surface area contributed by atoms with Crippen molar-refractivity contribution in [3.05, 3.63) is 70.2 Å². The van der Waals surface area contributed by atoms with Crippen molar-refractivity contribution in [1.29, 1.82) is 0 Å². The molecule has 5 aliphatic rings. The number of hydrogen-bond donors (Lipinski definition) is 0. The Morgan fingerprint density at radius 3 is 2.50 bits per heavy atom. The molecule has 0 spiro atoms. The Morgan fingerprint density at radius 1 is 1.00 bits per heavy atom. The summed E-state index contributed by atoms with van der Waals surface area (Å²) in [5, 5.41) is 0. The maximum Gasteiger partial charge on any atom is 0.509 e. The van der Waals surface area contributed by atoms with E-state index in [1.54, 1.807) is 0 Å². The molecule has 6 rings (SSSR count). The van der Waals surface area contributed by atoms with Gasteiger partial charge < -0.3 is 9.47 Å². The number of hydrogen-bond acceptors (Lipinski definition) is 3. The second kappa shape index (κ2) is 3.34.